The van der Waals surface area contributed by atoms with E-state index in [1.165, 1.54) is 24.7 Å². The Hall–Kier alpha value is -3.94. The first-order valence-corrected chi connectivity index (χ1v) is 8.67. The fourth-order valence-corrected chi connectivity index (χ4v) is 2.87. The number of nitrogens with zero attached hydrogens (tertiary/aromatic N) is 3. The second-order valence-corrected chi connectivity index (χ2v) is 6.14. The zero-order valence-electron chi connectivity index (χ0n) is 15.0. The Morgan fingerprint density at radius 2 is 1.86 bits per heavy atom. The van der Waals surface area contributed by atoms with E-state index in [4.69, 9.17) is 4.52 Å². The maximum absolute atomic E-state index is 14.4. The van der Waals surface area contributed by atoms with E-state index in [0.717, 1.165) is 11.6 Å². The number of hydrogen-bond acceptors (Lipinski definition) is 5. The van der Waals surface area contributed by atoms with E-state index in [-0.39, 0.29) is 35.0 Å². The predicted octanol–water partition coefficient (Wildman–Crippen LogP) is 4.26. The second-order valence-electron chi connectivity index (χ2n) is 6.14. The number of amides is 1. The van der Waals surface area contributed by atoms with Gasteiger partial charge in [-0.2, -0.15) is 0 Å². The molecule has 0 radical (unpaired) electrons. The molecule has 0 aliphatic rings. The van der Waals surface area contributed by atoms with E-state index in [9.17, 15) is 13.6 Å². The molecule has 2 aromatic heterocycles. The molecule has 8 heteroatoms. The van der Waals surface area contributed by atoms with E-state index >= 15 is 0 Å². The molecular formula is C21H14F2N4O2. The van der Waals surface area contributed by atoms with Gasteiger partial charge in [-0.3, -0.25) is 10.1 Å². The highest BCUT2D eigenvalue weighted by atomic mass is 19.2. The number of halogens is 2. The molecule has 0 saturated carbocycles. The Morgan fingerprint density at radius 1 is 1.03 bits per heavy atom. The SMILES string of the molecule is O=C(Cc1ccccc1)Nc1onc(-c2cccc(F)c2F)c1-c1ccncn1. The molecule has 1 N–H and O–H groups in total. The number of rotatable bonds is 5. The first-order valence-electron chi connectivity index (χ1n) is 8.67. The zero-order chi connectivity index (χ0) is 20.2. The summed E-state index contributed by atoms with van der Waals surface area (Å²) in [5.74, 6) is -2.45. The third-order valence-electron chi connectivity index (χ3n) is 4.20. The summed E-state index contributed by atoms with van der Waals surface area (Å²) >= 11 is 0. The van der Waals surface area contributed by atoms with E-state index in [1.54, 1.807) is 6.07 Å². The lowest BCUT2D eigenvalue weighted by Crippen LogP contribution is -2.14. The summed E-state index contributed by atoms with van der Waals surface area (Å²) in [6.07, 6.45) is 2.88. The normalized spacial score (nSPS) is 10.7. The summed E-state index contributed by atoms with van der Waals surface area (Å²) in [6, 6.07) is 14.4. The van der Waals surface area contributed by atoms with Crippen molar-refractivity contribution in [2.75, 3.05) is 5.32 Å². The van der Waals surface area contributed by atoms with Gasteiger partial charge in [0.2, 0.25) is 11.8 Å². The Balaban J connectivity index is 1.74. The molecule has 0 aliphatic carbocycles. The van der Waals surface area contributed by atoms with Gasteiger partial charge in [0.25, 0.3) is 0 Å². The average Bonchev–Trinajstić information content (AvgIpc) is 3.14. The lowest BCUT2D eigenvalue weighted by Gasteiger charge is -2.06. The quantitative estimate of drug-likeness (QED) is 0.549. The summed E-state index contributed by atoms with van der Waals surface area (Å²) in [5.41, 5.74) is 1.30. The van der Waals surface area contributed by atoms with Gasteiger partial charge in [0.1, 0.15) is 12.0 Å². The molecule has 0 saturated heterocycles. The summed E-state index contributed by atoms with van der Waals surface area (Å²) in [6.45, 7) is 0. The van der Waals surface area contributed by atoms with Gasteiger partial charge in [0.15, 0.2) is 11.6 Å². The van der Waals surface area contributed by atoms with Crippen LogP contribution in [0.5, 0.6) is 0 Å². The summed E-state index contributed by atoms with van der Waals surface area (Å²) < 4.78 is 33.4. The topological polar surface area (TPSA) is 80.9 Å². The molecular weight excluding hydrogens is 378 g/mol. The van der Waals surface area contributed by atoms with Gasteiger partial charge in [-0.25, -0.2) is 18.7 Å². The van der Waals surface area contributed by atoms with Crippen molar-refractivity contribution in [1.29, 1.82) is 0 Å². The van der Waals surface area contributed by atoms with Crippen molar-refractivity contribution in [1.82, 2.24) is 15.1 Å². The fourth-order valence-electron chi connectivity index (χ4n) is 2.87. The van der Waals surface area contributed by atoms with E-state index < -0.39 is 11.6 Å². The van der Waals surface area contributed by atoms with E-state index in [0.29, 0.717) is 5.69 Å². The number of carbonyl (C=O) groups excluding carboxylic acids is 1. The molecule has 4 aromatic rings. The van der Waals surface area contributed by atoms with Crippen LogP contribution in [0.2, 0.25) is 0 Å². The Morgan fingerprint density at radius 3 is 2.62 bits per heavy atom. The van der Waals surface area contributed by atoms with Gasteiger partial charge in [-0.15, -0.1) is 0 Å². The molecule has 0 aliphatic heterocycles. The summed E-state index contributed by atoms with van der Waals surface area (Å²) in [7, 11) is 0. The number of hydrogen-bond donors (Lipinski definition) is 1. The molecule has 29 heavy (non-hydrogen) atoms. The van der Waals surface area contributed by atoms with Gasteiger partial charge < -0.3 is 4.52 Å². The van der Waals surface area contributed by atoms with Crippen LogP contribution in [0.1, 0.15) is 5.56 Å². The third kappa shape index (κ3) is 3.86. The third-order valence-corrected chi connectivity index (χ3v) is 4.20. The molecule has 0 spiro atoms. The Labute approximate surface area is 164 Å². The monoisotopic (exact) mass is 392 g/mol. The fraction of sp³-hybridized carbons (Fsp3) is 0.0476. The molecule has 1 amide bonds. The number of anilines is 1. The van der Waals surface area contributed by atoms with Crippen molar-refractivity contribution in [2.24, 2.45) is 0 Å². The predicted molar refractivity (Wildman–Crippen MR) is 102 cm³/mol. The molecule has 0 bridgehead atoms. The molecule has 0 unspecified atom stereocenters. The Bertz CT molecular complexity index is 1150. The van der Waals surface area contributed by atoms with Crippen LogP contribution in [0.4, 0.5) is 14.7 Å². The highest BCUT2D eigenvalue weighted by Crippen LogP contribution is 2.38. The largest absolute Gasteiger partial charge is 0.337 e. The van der Waals surface area contributed by atoms with Crippen molar-refractivity contribution < 1.29 is 18.1 Å². The van der Waals surface area contributed by atoms with Crippen LogP contribution in [0, 0.1) is 11.6 Å². The van der Waals surface area contributed by atoms with Crippen molar-refractivity contribution in [3.05, 3.63) is 84.3 Å². The maximum atomic E-state index is 14.4. The van der Waals surface area contributed by atoms with Gasteiger partial charge in [0.05, 0.1) is 17.7 Å². The molecule has 2 aromatic carbocycles. The summed E-state index contributed by atoms with van der Waals surface area (Å²) in [4.78, 5) is 20.5. The van der Waals surface area contributed by atoms with Crippen LogP contribution in [-0.4, -0.2) is 21.0 Å². The minimum absolute atomic E-state index is 0.0108. The lowest BCUT2D eigenvalue weighted by molar-refractivity contribution is -0.115. The highest BCUT2D eigenvalue weighted by Gasteiger charge is 2.25. The molecule has 6 nitrogen and oxygen atoms in total. The number of benzene rings is 2. The first-order chi connectivity index (χ1) is 14.1. The van der Waals surface area contributed by atoms with Crippen LogP contribution in [0.25, 0.3) is 22.5 Å². The van der Waals surface area contributed by atoms with Crippen LogP contribution in [-0.2, 0) is 11.2 Å². The van der Waals surface area contributed by atoms with Gasteiger partial charge in [0, 0.05) is 11.8 Å². The average molecular weight is 392 g/mol. The Kier molecular flexibility index (Phi) is 5.07. The summed E-state index contributed by atoms with van der Waals surface area (Å²) in [5, 5.41) is 6.51. The van der Waals surface area contributed by atoms with Crippen molar-refractivity contribution in [3.8, 4) is 22.5 Å². The first kappa shape index (κ1) is 18.4. The van der Waals surface area contributed by atoms with Crippen LogP contribution in [0.3, 0.4) is 0 Å². The maximum Gasteiger partial charge on any atom is 0.241 e. The molecule has 0 atom stereocenters. The number of aromatic nitrogens is 3. The molecule has 2 heterocycles. The lowest BCUT2D eigenvalue weighted by atomic mass is 10.0. The van der Waals surface area contributed by atoms with Crippen LogP contribution < -0.4 is 5.32 Å². The van der Waals surface area contributed by atoms with E-state index in [2.05, 4.69) is 20.4 Å². The smallest absolute Gasteiger partial charge is 0.241 e. The number of carbonyl (C=O) groups is 1. The second kappa shape index (κ2) is 7.97. The van der Waals surface area contributed by atoms with Crippen molar-refractivity contribution in [2.45, 2.75) is 6.42 Å². The van der Waals surface area contributed by atoms with Gasteiger partial charge in [-0.1, -0.05) is 41.6 Å². The van der Waals surface area contributed by atoms with Crippen molar-refractivity contribution in [3.63, 3.8) is 0 Å². The molecule has 4 rings (SSSR count). The minimum atomic E-state index is -1.07. The van der Waals surface area contributed by atoms with Gasteiger partial charge >= 0.3 is 0 Å². The van der Waals surface area contributed by atoms with Crippen LogP contribution in [0.15, 0.2) is 71.6 Å². The number of nitrogens with one attached hydrogen (secondary N) is 1. The highest BCUT2D eigenvalue weighted by molar-refractivity contribution is 5.97. The van der Waals surface area contributed by atoms with Crippen molar-refractivity contribution >= 4 is 11.8 Å². The zero-order valence-corrected chi connectivity index (χ0v) is 15.0. The van der Waals surface area contributed by atoms with Gasteiger partial charge in [-0.05, 0) is 23.8 Å². The molecule has 144 valence electrons. The molecule has 0 fully saturated rings. The minimum Gasteiger partial charge on any atom is -0.337 e. The van der Waals surface area contributed by atoms with Crippen LogP contribution >= 0.6 is 0 Å². The standard InChI is InChI=1S/C21H14F2N4O2/c22-15-8-4-7-14(19(15)23)20-18(16-9-10-24-12-25-16)21(29-27-20)26-17(28)11-13-5-2-1-3-6-13/h1-10,12H,11H2,(H,26,28). The van der Waals surface area contributed by atoms with E-state index in [1.807, 2.05) is 30.3 Å².